The van der Waals surface area contributed by atoms with Crippen LogP contribution in [0.4, 0.5) is 5.69 Å². The SMILES string of the molecule is COc1ccccc1CNc1cc(Br)cc(C(=O)O)c1. The molecule has 0 aliphatic carbocycles. The fourth-order valence-electron chi connectivity index (χ4n) is 1.86. The lowest BCUT2D eigenvalue weighted by Crippen LogP contribution is -2.03. The minimum absolute atomic E-state index is 0.238. The third-order valence-electron chi connectivity index (χ3n) is 2.82. The van der Waals surface area contributed by atoms with E-state index in [2.05, 4.69) is 21.2 Å². The number of benzene rings is 2. The van der Waals surface area contributed by atoms with Gasteiger partial charge >= 0.3 is 5.97 Å². The van der Waals surface area contributed by atoms with E-state index >= 15 is 0 Å². The first-order chi connectivity index (χ1) is 9.60. The minimum Gasteiger partial charge on any atom is -0.496 e. The van der Waals surface area contributed by atoms with Crippen molar-refractivity contribution in [2.75, 3.05) is 12.4 Å². The molecule has 0 fully saturated rings. The number of nitrogens with one attached hydrogen (secondary N) is 1. The Morgan fingerprint density at radius 2 is 2.05 bits per heavy atom. The fourth-order valence-corrected chi connectivity index (χ4v) is 2.35. The second-order valence-electron chi connectivity index (χ2n) is 4.20. The molecule has 2 N–H and O–H groups in total. The summed E-state index contributed by atoms with van der Waals surface area (Å²) in [7, 11) is 1.63. The zero-order valence-electron chi connectivity index (χ0n) is 10.9. The zero-order valence-corrected chi connectivity index (χ0v) is 12.5. The van der Waals surface area contributed by atoms with Gasteiger partial charge in [0.25, 0.3) is 0 Å². The van der Waals surface area contributed by atoms with Crippen molar-refractivity contribution in [3.63, 3.8) is 0 Å². The summed E-state index contributed by atoms with van der Waals surface area (Å²) >= 11 is 3.31. The molecule has 2 aromatic rings. The van der Waals surface area contributed by atoms with Crippen LogP contribution in [0.5, 0.6) is 5.75 Å². The van der Waals surface area contributed by atoms with E-state index in [1.807, 2.05) is 30.3 Å². The first-order valence-corrected chi connectivity index (χ1v) is 6.79. The molecule has 0 radical (unpaired) electrons. The number of anilines is 1. The number of rotatable bonds is 5. The molecule has 0 saturated carbocycles. The summed E-state index contributed by atoms with van der Waals surface area (Å²) in [5, 5.41) is 12.2. The Labute approximate surface area is 125 Å². The lowest BCUT2D eigenvalue weighted by molar-refractivity contribution is 0.0697. The molecular formula is C15H14BrNO3. The van der Waals surface area contributed by atoms with Gasteiger partial charge in [0.15, 0.2) is 0 Å². The van der Waals surface area contributed by atoms with Crippen LogP contribution in [0, 0.1) is 0 Å². The summed E-state index contributed by atoms with van der Waals surface area (Å²) in [6, 6.07) is 12.7. The number of carbonyl (C=O) groups is 1. The normalized spacial score (nSPS) is 10.1. The van der Waals surface area contributed by atoms with Gasteiger partial charge in [0, 0.05) is 22.3 Å². The highest BCUT2D eigenvalue weighted by Crippen LogP contribution is 2.22. The molecule has 0 aliphatic heterocycles. The highest BCUT2D eigenvalue weighted by atomic mass is 79.9. The third-order valence-corrected chi connectivity index (χ3v) is 3.28. The van der Waals surface area contributed by atoms with Gasteiger partial charge in [-0.25, -0.2) is 4.79 Å². The van der Waals surface area contributed by atoms with E-state index in [1.54, 1.807) is 19.2 Å². The van der Waals surface area contributed by atoms with Crippen LogP contribution in [0.15, 0.2) is 46.9 Å². The average Bonchev–Trinajstić information content (AvgIpc) is 2.44. The number of aromatic carboxylic acids is 1. The van der Waals surface area contributed by atoms with Crippen LogP contribution in [-0.4, -0.2) is 18.2 Å². The molecule has 104 valence electrons. The maximum Gasteiger partial charge on any atom is 0.335 e. The lowest BCUT2D eigenvalue weighted by atomic mass is 10.1. The molecule has 0 bridgehead atoms. The predicted molar refractivity (Wildman–Crippen MR) is 81.4 cm³/mol. The van der Waals surface area contributed by atoms with Crippen LogP contribution in [-0.2, 0) is 6.54 Å². The number of hydrogen-bond acceptors (Lipinski definition) is 3. The van der Waals surface area contributed by atoms with Crippen LogP contribution in [0.1, 0.15) is 15.9 Å². The largest absolute Gasteiger partial charge is 0.496 e. The number of hydrogen-bond donors (Lipinski definition) is 2. The molecule has 0 aromatic heterocycles. The molecule has 0 amide bonds. The van der Waals surface area contributed by atoms with Gasteiger partial charge in [0.1, 0.15) is 5.75 Å². The van der Waals surface area contributed by atoms with E-state index < -0.39 is 5.97 Å². The average molecular weight is 336 g/mol. The van der Waals surface area contributed by atoms with E-state index in [9.17, 15) is 4.79 Å². The monoisotopic (exact) mass is 335 g/mol. The Kier molecular flexibility index (Phi) is 4.63. The molecule has 0 aliphatic rings. The van der Waals surface area contributed by atoms with E-state index in [1.165, 1.54) is 0 Å². The standard InChI is InChI=1S/C15H14BrNO3/c1-20-14-5-3-2-4-10(14)9-17-13-7-11(15(18)19)6-12(16)8-13/h2-8,17H,9H2,1H3,(H,18,19). The van der Waals surface area contributed by atoms with Crippen molar-refractivity contribution in [2.24, 2.45) is 0 Å². The summed E-state index contributed by atoms with van der Waals surface area (Å²) in [6.45, 7) is 0.555. The topological polar surface area (TPSA) is 58.6 Å². The van der Waals surface area contributed by atoms with Crippen LogP contribution in [0.3, 0.4) is 0 Å². The highest BCUT2D eigenvalue weighted by Gasteiger charge is 2.07. The smallest absolute Gasteiger partial charge is 0.335 e. The second kappa shape index (κ2) is 6.43. The van der Waals surface area contributed by atoms with Crippen LogP contribution in [0.2, 0.25) is 0 Å². The molecule has 5 heteroatoms. The number of halogens is 1. The summed E-state index contributed by atoms with van der Waals surface area (Å²) in [6.07, 6.45) is 0. The van der Waals surface area contributed by atoms with Crippen molar-refractivity contribution in [3.8, 4) is 5.75 Å². The predicted octanol–water partition coefficient (Wildman–Crippen LogP) is 3.77. The number of carboxylic acid groups (broad SMARTS) is 1. The zero-order chi connectivity index (χ0) is 14.5. The van der Waals surface area contributed by atoms with E-state index in [0.29, 0.717) is 6.54 Å². The molecule has 0 spiro atoms. The van der Waals surface area contributed by atoms with Crippen LogP contribution in [0.25, 0.3) is 0 Å². The Hall–Kier alpha value is -2.01. The van der Waals surface area contributed by atoms with E-state index in [-0.39, 0.29) is 5.56 Å². The van der Waals surface area contributed by atoms with Gasteiger partial charge in [-0.2, -0.15) is 0 Å². The van der Waals surface area contributed by atoms with Crippen molar-refractivity contribution in [2.45, 2.75) is 6.54 Å². The van der Waals surface area contributed by atoms with Gasteiger partial charge in [-0.1, -0.05) is 34.1 Å². The molecule has 0 unspecified atom stereocenters. The van der Waals surface area contributed by atoms with Gasteiger partial charge in [-0.15, -0.1) is 0 Å². The van der Waals surface area contributed by atoms with Gasteiger partial charge in [0.05, 0.1) is 12.7 Å². The van der Waals surface area contributed by atoms with Crippen molar-refractivity contribution in [3.05, 3.63) is 58.1 Å². The van der Waals surface area contributed by atoms with Crippen molar-refractivity contribution in [1.29, 1.82) is 0 Å². The molecular weight excluding hydrogens is 322 g/mol. The fraction of sp³-hybridized carbons (Fsp3) is 0.133. The van der Waals surface area contributed by atoms with E-state index in [0.717, 1.165) is 21.5 Å². The Bertz CT molecular complexity index is 628. The lowest BCUT2D eigenvalue weighted by Gasteiger charge is -2.11. The van der Waals surface area contributed by atoms with Crippen molar-refractivity contribution < 1.29 is 14.6 Å². The molecule has 2 rings (SSSR count). The molecule has 20 heavy (non-hydrogen) atoms. The third kappa shape index (κ3) is 3.51. The van der Waals surface area contributed by atoms with Gasteiger partial charge in [-0.3, -0.25) is 0 Å². The van der Waals surface area contributed by atoms with Crippen LogP contribution >= 0.6 is 15.9 Å². The van der Waals surface area contributed by atoms with E-state index in [4.69, 9.17) is 9.84 Å². The molecule has 0 saturated heterocycles. The Morgan fingerprint density at radius 3 is 2.75 bits per heavy atom. The maximum atomic E-state index is 11.0. The van der Waals surface area contributed by atoms with Gasteiger partial charge < -0.3 is 15.2 Å². The highest BCUT2D eigenvalue weighted by molar-refractivity contribution is 9.10. The molecule has 0 heterocycles. The van der Waals surface area contributed by atoms with Gasteiger partial charge in [0.2, 0.25) is 0 Å². The number of ether oxygens (including phenoxy) is 1. The Morgan fingerprint density at radius 1 is 1.30 bits per heavy atom. The Balaban J connectivity index is 2.16. The molecule has 2 aromatic carbocycles. The van der Waals surface area contributed by atoms with Crippen molar-refractivity contribution >= 4 is 27.6 Å². The minimum atomic E-state index is -0.952. The number of para-hydroxylation sites is 1. The van der Waals surface area contributed by atoms with Crippen LogP contribution < -0.4 is 10.1 Å². The summed E-state index contributed by atoms with van der Waals surface area (Å²) < 4.78 is 6.00. The maximum absolute atomic E-state index is 11.0. The summed E-state index contributed by atoms with van der Waals surface area (Å²) in [5.41, 5.74) is 1.98. The second-order valence-corrected chi connectivity index (χ2v) is 5.11. The van der Waals surface area contributed by atoms with Crippen molar-refractivity contribution in [1.82, 2.24) is 0 Å². The number of methoxy groups -OCH3 is 1. The summed E-state index contributed by atoms with van der Waals surface area (Å²) in [4.78, 5) is 11.0. The van der Waals surface area contributed by atoms with Gasteiger partial charge in [-0.05, 0) is 24.3 Å². The molecule has 4 nitrogen and oxygen atoms in total. The summed E-state index contributed by atoms with van der Waals surface area (Å²) in [5.74, 6) is -0.153. The first kappa shape index (κ1) is 14.4. The molecule has 0 atom stereocenters. The quantitative estimate of drug-likeness (QED) is 0.873. The number of carboxylic acids is 1. The first-order valence-electron chi connectivity index (χ1n) is 6.00.